The lowest BCUT2D eigenvalue weighted by Gasteiger charge is -2.15. The Morgan fingerprint density at radius 3 is 1.38 bits per heavy atom. The fraction of sp³-hybridized carbons (Fsp3) is 1.00. The first kappa shape index (κ1) is 14.0. The highest BCUT2D eigenvalue weighted by Gasteiger charge is 2.18. The predicted molar refractivity (Wildman–Crippen MR) is 67.1 cm³/mol. The number of hydrogen-bond acceptors (Lipinski definition) is 1. The standard InChI is InChI=1S/C8H20Cl2OSi2/c1-12(2,9)7-5-11-6-8-13(3,4)10/h5-8H2,1-4H3. The molecule has 0 aliphatic rings. The van der Waals surface area contributed by atoms with Crippen LogP contribution < -0.4 is 0 Å². The van der Waals surface area contributed by atoms with E-state index in [-0.39, 0.29) is 0 Å². The summed E-state index contributed by atoms with van der Waals surface area (Å²) >= 11 is 12.3. The van der Waals surface area contributed by atoms with Crippen molar-refractivity contribution in [2.24, 2.45) is 0 Å². The highest BCUT2D eigenvalue weighted by molar-refractivity contribution is 7.19. The number of ether oxygens (including phenoxy) is 1. The Hall–Kier alpha value is 0.974. The maximum atomic E-state index is 6.14. The minimum Gasteiger partial charge on any atom is -0.382 e. The van der Waals surface area contributed by atoms with E-state index in [1.807, 2.05) is 0 Å². The number of rotatable bonds is 6. The molecule has 0 aromatic carbocycles. The van der Waals surface area contributed by atoms with Gasteiger partial charge >= 0.3 is 0 Å². The Bertz CT molecular complexity index is 124. The van der Waals surface area contributed by atoms with Crippen molar-refractivity contribution in [3.05, 3.63) is 0 Å². The van der Waals surface area contributed by atoms with E-state index >= 15 is 0 Å². The SMILES string of the molecule is C[Si](C)(Cl)CCOCC[Si](C)(C)Cl. The summed E-state index contributed by atoms with van der Waals surface area (Å²) in [6.07, 6.45) is 0. The van der Waals surface area contributed by atoms with Crippen LogP contribution in [0.15, 0.2) is 0 Å². The Labute approximate surface area is 93.2 Å². The van der Waals surface area contributed by atoms with E-state index in [1.165, 1.54) is 0 Å². The summed E-state index contributed by atoms with van der Waals surface area (Å²) in [5.74, 6) is 0. The van der Waals surface area contributed by atoms with Crippen molar-refractivity contribution in [3.63, 3.8) is 0 Å². The highest BCUT2D eigenvalue weighted by atomic mass is 35.6. The lowest BCUT2D eigenvalue weighted by Crippen LogP contribution is -2.21. The largest absolute Gasteiger partial charge is 0.382 e. The summed E-state index contributed by atoms with van der Waals surface area (Å²) in [6, 6.07) is 2.05. The molecule has 0 rings (SSSR count). The van der Waals surface area contributed by atoms with Crippen molar-refractivity contribution < 1.29 is 4.74 Å². The van der Waals surface area contributed by atoms with Crippen molar-refractivity contribution in [1.29, 1.82) is 0 Å². The maximum absolute atomic E-state index is 6.14. The molecule has 0 bridgehead atoms. The van der Waals surface area contributed by atoms with E-state index in [0.717, 1.165) is 25.3 Å². The van der Waals surface area contributed by atoms with Crippen LogP contribution in [0.5, 0.6) is 0 Å². The third-order valence-corrected chi connectivity index (χ3v) is 5.60. The second-order valence-corrected chi connectivity index (χ2v) is 18.6. The molecule has 80 valence electrons. The summed E-state index contributed by atoms with van der Waals surface area (Å²) in [7, 11) is -2.86. The van der Waals surface area contributed by atoms with Crippen molar-refractivity contribution in [2.45, 2.75) is 38.3 Å². The van der Waals surface area contributed by atoms with Crippen LogP contribution in [0.2, 0.25) is 38.3 Å². The maximum Gasteiger partial charge on any atom is 0.152 e. The minimum absolute atomic E-state index is 0.796. The molecule has 0 radical (unpaired) electrons. The van der Waals surface area contributed by atoms with E-state index in [1.54, 1.807) is 0 Å². The van der Waals surface area contributed by atoms with Crippen LogP contribution in [0.3, 0.4) is 0 Å². The van der Waals surface area contributed by atoms with Crippen molar-refractivity contribution in [3.8, 4) is 0 Å². The molecule has 0 N–H and O–H groups in total. The Balaban J connectivity index is 3.28. The zero-order valence-electron chi connectivity index (χ0n) is 8.99. The van der Waals surface area contributed by atoms with Crippen LogP contribution in [-0.2, 0) is 4.74 Å². The molecule has 0 saturated carbocycles. The molecule has 1 nitrogen and oxygen atoms in total. The molecule has 0 amide bonds. The first-order valence-corrected chi connectivity index (χ1v) is 13.1. The van der Waals surface area contributed by atoms with Crippen LogP contribution >= 0.6 is 22.2 Å². The molecule has 0 aliphatic heterocycles. The van der Waals surface area contributed by atoms with Gasteiger partial charge in [0.25, 0.3) is 0 Å². The molecule has 5 heteroatoms. The van der Waals surface area contributed by atoms with Gasteiger partial charge in [-0.25, -0.2) is 0 Å². The molecule has 0 spiro atoms. The van der Waals surface area contributed by atoms with Gasteiger partial charge in [0.15, 0.2) is 14.8 Å². The van der Waals surface area contributed by atoms with Gasteiger partial charge in [-0.15, -0.1) is 0 Å². The number of hydrogen-bond donors (Lipinski definition) is 0. The van der Waals surface area contributed by atoms with Gasteiger partial charge in [0.05, 0.1) is 0 Å². The molecule has 0 aliphatic carbocycles. The van der Waals surface area contributed by atoms with E-state index in [9.17, 15) is 0 Å². The van der Waals surface area contributed by atoms with E-state index in [0.29, 0.717) is 0 Å². The normalized spacial score (nSPS) is 13.4. The van der Waals surface area contributed by atoms with Gasteiger partial charge < -0.3 is 4.74 Å². The zero-order chi connectivity index (χ0) is 10.5. The van der Waals surface area contributed by atoms with Crippen LogP contribution in [0.25, 0.3) is 0 Å². The minimum atomic E-state index is -1.43. The topological polar surface area (TPSA) is 9.23 Å². The predicted octanol–water partition coefficient (Wildman–Crippen LogP) is 3.89. The quantitative estimate of drug-likeness (QED) is 0.399. The molecule has 0 aromatic rings. The van der Waals surface area contributed by atoms with Gasteiger partial charge in [-0.2, -0.15) is 22.2 Å². The Kier molecular flexibility index (Phi) is 6.19. The van der Waals surface area contributed by atoms with Gasteiger partial charge in [-0.05, 0) is 12.1 Å². The lowest BCUT2D eigenvalue weighted by molar-refractivity contribution is 0.160. The first-order valence-electron chi connectivity index (χ1n) is 4.66. The average Bonchev–Trinajstić information content (AvgIpc) is 1.81. The summed E-state index contributed by atoms with van der Waals surface area (Å²) in [4.78, 5) is 0. The summed E-state index contributed by atoms with van der Waals surface area (Å²) in [5.41, 5.74) is 0. The van der Waals surface area contributed by atoms with Crippen molar-refractivity contribution in [1.82, 2.24) is 0 Å². The molecule has 13 heavy (non-hydrogen) atoms. The van der Waals surface area contributed by atoms with E-state index < -0.39 is 14.8 Å². The van der Waals surface area contributed by atoms with Gasteiger partial charge in [0, 0.05) is 13.2 Å². The Morgan fingerprint density at radius 1 is 0.846 bits per heavy atom. The molecule has 0 aromatic heterocycles. The summed E-state index contributed by atoms with van der Waals surface area (Å²) in [5, 5.41) is 0. The second-order valence-electron chi connectivity index (χ2n) is 4.55. The van der Waals surface area contributed by atoms with Gasteiger partial charge in [0.1, 0.15) is 0 Å². The average molecular weight is 259 g/mol. The molecule has 0 unspecified atom stereocenters. The summed E-state index contributed by atoms with van der Waals surface area (Å²) in [6.45, 7) is 10.1. The molecule has 0 fully saturated rings. The smallest absolute Gasteiger partial charge is 0.152 e. The van der Waals surface area contributed by atoms with Crippen molar-refractivity contribution >= 4 is 36.9 Å². The van der Waals surface area contributed by atoms with Crippen LogP contribution in [0.4, 0.5) is 0 Å². The van der Waals surface area contributed by atoms with E-state index in [4.69, 9.17) is 26.9 Å². The zero-order valence-corrected chi connectivity index (χ0v) is 12.5. The fourth-order valence-corrected chi connectivity index (χ4v) is 2.45. The highest BCUT2D eigenvalue weighted by Crippen LogP contribution is 2.16. The second kappa shape index (κ2) is 5.76. The van der Waals surface area contributed by atoms with Crippen molar-refractivity contribution in [2.75, 3.05) is 13.2 Å². The van der Waals surface area contributed by atoms with Gasteiger partial charge in [-0.1, -0.05) is 26.2 Å². The molecular formula is C8H20Cl2OSi2. The van der Waals surface area contributed by atoms with Crippen LogP contribution in [0.1, 0.15) is 0 Å². The lowest BCUT2D eigenvalue weighted by atomic mass is 10.8. The van der Waals surface area contributed by atoms with Crippen LogP contribution in [0, 0.1) is 0 Å². The first-order chi connectivity index (χ1) is 5.71. The molecule has 0 heterocycles. The third-order valence-electron chi connectivity index (χ3n) is 1.68. The van der Waals surface area contributed by atoms with Crippen LogP contribution in [-0.4, -0.2) is 28.0 Å². The van der Waals surface area contributed by atoms with E-state index in [2.05, 4.69) is 26.2 Å². The fourth-order valence-electron chi connectivity index (χ4n) is 0.732. The van der Waals surface area contributed by atoms with Gasteiger partial charge in [-0.3, -0.25) is 0 Å². The molecular weight excluding hydrogens is 239 g/mol. The Morgan fingerprint density at radius 2 is 1.15 bits per heavy atom. The number of halogens is 2. The summed E-state index contributed by atoms with van der Waals surface area (Å²) < 4.78 is 5.49. The molecule has 0 saturated heterocycles. The van der Waals surface area contributed by atoms with Gasteiger partial charge in [0.2, 0.25) is 0 Å². The monoisotopic (exact) mass is 258 g/mol. The third kappa shape index (κ3) is 13.0. The molecule has 0 atom stereocenters.